The second kappa shape index (κ2) is 7.70. The lowest BCUT2D eigenvalue weighted by Gasteiger charge is -2.28. The van der Waals surface area contributed by atoms with E-state index in [4.69, 9.17) is 0 Å². The normalized spacial score (nSPS) is 13.1. The van der Waals surface area contributed by atoms with Gasteiger partial charge in [-0.2, -0.15) is 26.3 Å². The summed E-state index contributed by atoms with van der Waals surface area (Å²) >= 11 is 0. The zero-order valence-electron chi connectivity index (χ0n) is 15.4. The highest BCUT2D eigenvalue weighted by atomic mass is 28.3. The molecule has 7 heteroatoms. The minimum Gasteiger partial charge on any atom is -0.166 e. The molecule has 0 amide bonds. The average molecular weight is 404 g/mol. The van der Waals surface area contributed by atoms with Gasteiger partial charge in [-0.25, -0.2) is 0 Å². The first-order valence-corrected chi connectivity index (χ1v) is 11.5. The van der Waals surface area contributed by atoms with Crippen LogP contribution in [0.5, 0.6) is 0 Å². The molecule has 0 heterocycles. The second-order valence-electron chi connectivity index (χ2n) is 6.71. The first-order chi connectivity index (χ1) is 12.5. The summed E-state index contributed by atoms with van der Waals surface area (Å²) in [6.07, 6.45) is -9.69. The molecule has 0 aliphatic heterocycles. The summed E-state index contributed by atoms with van der Waals surface area (Å²) < 4.78 is 78.3. The van der Waals surface area contributed by atoms with Gasteiger partial charge in [0.25, 0.3) is 0 Å². The summed E-state index contributed by atoms with van der Waals surface area (Å²) in [5, 5.41) is 1.18. The molecule has 0 aromatic heterocycles. The van der Waals surface area contributed by atoms with Crippen LogP contribution in [0.4, 0.5) is 26.3 Å². The van der Waals surface area contributed by atoms with Gasteiger partial charge in [-0.05, 0) is 29.3 Å². The molecule has 0 saturated heterocycles. The van der Waals surface area contributed by atoms with Gasteiger partial charge < -0.3 is 0 Å². The van der Waals surface area contributed by atoms with Crippen LogP contribution in [0, 0.1) is 0 Å². The van der Waals surface area contributed by atoms with Gasteiger partial charge in [0, 0.05) is 0 Å². The van der Waals surface area contributed by atoms with Gasteiger partial charge in [0.2, 0.25) is 0 Å². The topological polar surface area (TPSA) is 0 Å². The molecule has 0 radical (unpaired) electrons. The molecule has 2 aromatic rings. The number of hydrogen-bond acceptors (Lipinski definition) is 0. The average Bonchev–Trinajstić information content (AvgIpc) is 2.62. The lowest BCUT2D eigenvalue weighted by Crippen LogP contribution is -2.45. The quantitative estimate of drug-likeness (QED) is 0.368. The molecule has 0 fully saturated rings. The van der Waals surface area contributed by atoms with Gasteiger partial charge >= 0.3 is 12.4 Å². The van der Waals surface area contributed by atoms with Crippen LogP contribution in [0.3, 0.4) is 0 Å². The van der Waals surface area contributed by atoms with E-state index in [1.165, 1.54) is 5.19 Å². The fourth-order valence-corrected chi connectivity index (χ4v) is 7.10. The van der Waals surface area contributed by atoms with Gasteiger partial charge in [-0.1, -0.05) is 68.4 Å². The Kier molecular flexibility index (Phi) is 6.14. The van der Waals surface area contributed by atoms with Crippen molar-refractivity contribution in [3.63, 3.8) is 0 Å². The van der Waals surface area contributed by atoms with E-state index in [9.17, 15) is 26.3 Å². The van der Waals surface area contributed by atoms with Gasteiger partial charge in [0.05, 0.1) is 19.2 Å². The minimum atomic E-state index is -4.84. The molecule has 0 aliphatic rings. The van der Waals surface area contributed by atoms with Crippen molar-refractivity contribution in [2.75, 3.05) is 0 Å². The molecule has 148 valence electrons. The first kappa shape index (κ1) is 21.5. The minimum absolute atomic E-state index is 0.0829. The fraction of sp³-hybridized carbons (Fsp3) is 0.400. The standard InChI is InChI=1S/C20H22F6Si/c1-4-27(5-2,6-3)18-9-7-14(8-10-18)15-11-16(19(21,22)23)13-17(12-15)20(24,25)26/h7-13H,4-6H2,1-3H3. The van der Waals surface area contributed by atoms with Gasteiger partial charge in [0.1, 0.15) is 0 Å². The van der Waals surface area contributed by atoms with Crippen molar-refractivity contribution >= 4 is 13.3 Å². The Balaban J connectivity index is 2.55. The van der Waals surface area contributed by atoms with E-state index in [0.717, 1.165) is 30.3 Å². The molecular weight excluding hydrogens is 382 g/mol. The number of halogens is 6. The third kappa shape index (κ3) is 4.57. The predicted molar refractivity (Wildman–Crippen MR) is 98.7 cm³/mol. The van der Waals surface area contributed by atoms with Crippen molar-refractivity contribution in [3.8, 4) is 11.1 Å². The smallest absolute Gasteiger partial charge is 0.166 e. The summed E-state index contributed by atoms with van der Waals surface area (Å²) in [5.74, 6) is 0. The molecule has 0 N–H and O–H groups in total. The number of hydrogen-bond donors (Lipinski definition) is 0. The van der Waals surface area contributed by atoms with Crippen LogP contribution in [0.25, 0.3) is 11.1 Å². The second-order valence-corrected chi connectivity index (χ2v) is 12.0. The van der Waals surface area contributed by atoms with E-state index in [1.807, 2.05) is 12.1 Å². The van der Waals surface area contributed by atoms with Gasteiger partial charge in [0.15, 0.2) is 0 Å². The zero-order valence-corrected chi connectivity index (χ0v) is 16.4. The van der Waals surface area contributed by atoms with Crippen molar-refractivity contribution in [1.82, 2.24) is 0 Å². The van der Waals surface area contributed by atoms with E-state index in [2.05, 4.69) is 20.8 Å². The number of benzene rings is 2. The molecule has 0 spiro atoms. The molecule has 2 aromatic carbocycles. The van der Waals surface area contributed by atoms with Crippen molar-refractivity contribution in [2.24, 2.45) is 0 Å². The molecule has 2 rings (SSSR count). The third-order valence-electron chi connectivity index (χ3n) is 5.45. The van der Waals surface area contributed by atoms with E-state index < -0.39 is 31.6 Å². The Morgan fingerprint density at radius 3 is 1.37 bits per heavy atom. The number of alkyl halides is 6. The highest BCUT2D eigenvalue weighted by Gasteiger charge is 2.37. The molecular formula is C20H22F6Si. The van der Waals surface area contributed by atoms with Crippen LogP contribution in [0.1, 0.15) is 31.9 Å². The molecule has 27 heavy (non-hydrogen) atoms. The van der Waals surface area contributed by atoms with E-state index in [0.29, 0.717) is 5.56 Å². The Morgan fingerprint density at radius 1 is 0.630 bits per heavy atom. The van der Waals surface area contributed by atoms with Crippen LogP contribution >= 0.6 is 0 Å². The maximum absolute atomic E-state index is 13.0. The summed E-state index contributed by atoms with van der Waals surface area (Å²) in [4.78, 5) is 0. The fourth-order valence-electron chi connectivity index (χ4n) is 3.50. The SMILES string of the molecule is CC[Si](CC)(CC)c1ccc(-c2cc(C(F)(F)F)cc(C(F)(F)F)c2)cc1. The molecule has 0 bridgehead atoms. The number of rotatable bonds is 5. The molecule has 0 aliphatic carbocycles. The maximum atomic E-state index is 13.0. The maximum Gasteiger partial charge on any atom is 0.416 e. The van der Waals surface area contributed by atoms with E-state index in [-0.39, 0.29) is 11.6 Å². The Hall–Kier alpha value is -1.76. The third-order valence-corrected chi connectivity index (χ3v) is 11.1. The zero-order chi connectivity index (χ0) is 20.5. The highest BCUT2D eigenvalue weighted by Crippen LogP contribution is 2.38. The Labute approximate surface area is 156 Å². The van der Waals surface area contributed by atoms with Crippen LogP contribution in [0.15, 0.2) is 42.5 Å². The first-order valence-electron chi connectivity index (χ1n) is 8.87. The summed E-state index contributed by atoms with van der Waals surface area (Å²) in [6, 6.07) is 11.8. The van der Waals surface area contributed by atoms with Crippen molar-refractivity contribution in [1.29, 1.82) is 0 Å². The van der Waals surface area contributed by atoms with Crippen molar-refractivity contribution in [3.05, 3.63) is 53.6 Å². The largest absolute Gasteiger partial charge is 0.416 e. The summed E-state index contributed by atoms with van der Waals surface area (Å²) in [6.45, 7) is 6.40. The Bertz CT molecular complexity index is 730. The highest BCUT2D eigenvalue weighted by molar-refractivity contribution is 6.91. The summed E-state index contributed by atoms with van der Waals surface area (Å²) in [7, 11) is -1.66. The molecule has 0 saturated carbocycles. The van der Waals surface area contributed by atoms with Gasteiger partial charge in [-0.3, -0.25) is 0 Å². The van der Waals surface area contributed by atoms with Crippen LogP contribution in [-0.2, 0) is 12.4 Å². The van der Waals surface area contributed by atoms with E-state index in [1.54, 1.807) is 12.1 Å². The van der Waals surface area contributed by atoms with Crippen molar-refractivity contribution in [2.45, 2.75) is 51.3 Å². The van der Waals surface area contributed by atoms with Crippen molar-refractivity contribution < 1.29 is 26.3 Å². The van der Waals surface area contributed by atoms with Crippen LogP contribution in [-0.4, -0.2) is 8.07 Å². The molecule has 0 unspecified atom stereocenters. The lowest BCUT2D eigenvalue weighted by molar-refractivity contribution is -0.143. The van der Waals surface area contributed by atoms with Crippen LogP contribution in [0.2, 0.25) is 18.1 Å². The van der Waals surface area contributed by atoms with Crippen LogP contribution < -0.4 is 5.19 Å². The Morgan fingerprint density at radius 2 is 1.04 bits per heavy atom. The monoisotopic (exact) mass is 404 g/mol. The van der Waals surface area contributed by atoms with Gasteiger partial charge in [-0.15, -0.1) is 0 Å². The van der Waals surface area contributed by atoms with E-state index >= 15 is 0 Å². The molecule has 0 nitrogen and oxygen atoms in total. The lowest BCUT2D eigenvalue weighted by atomic mass is 9.99. The predicted octanol–water partition coefficient (Wildman–Crippen LogP) is 7.11. The molecule has 0 atom stereocenters. The summed E-state index contributed by atoms with van der Waals surface area (Å²) in [5.41, 5.74) is -2.33.